The molecule has 0 saturated heterocycles. The number of thiazole rings is 1. The molecule has 0 aliphatic heterocycles. The van der Waals surface area contributed by atoms with Crippen LogP contribution in [0.15, 0.2) is 35.7 Å². The largest absolute Gasteiger partial charge is 0.312 e. The van der Waals surface area contributed by atoms with Gasteiger partial charge in [0, 0.05) is 11.4 Å². The van der Waals surface area contributed by atoms with E-state index < -0.39 is 0 Å². The highest BCUT2D eigenvalue weighted by Crippen LogP contribution is 2.22. The maximum Gasteiger partial charge on any atom is 0.233 e. The number of anilines is 1. The average molecular weight is 289 g/mol. The van der Waals surface area contributed by atoms with Gasteiger partial charge < -0.3 is 10.6 Å². The molecule has 1 heterocycles. The molecule has 0 saturated carbocycles. The van der Waals surface area contributed by atoms with Crippen LogP contribution in [0.25, 0.3) is 0 Å². The molecule has 2 atom stereocenters. The van der Waals surface area contributed by atoms with Crippen molar-refractivity contribution in [3.8, 4) is 0 Å². The van der Waals surface area contributed by atoms with Crippen molar-refractivity contribution in [3.05, 3.63) is 47.0 Å². The molecule has 1 aromatic carbocycles. The van der Waals surface area contributed by atoms with Crippen LogP contribution in [0.1, 0.15) is 37.1 Å². The molecule has 2 N–H and O–H groups in total. The Kier molecular flexibility index (Phi) is 4.87. The lowest BCUT2D eigenvalue weighted by Crippen LogP contribution is -2.19. The fourth-order valence-corrected chi connectivity index (χ4v) is 2.60. The Morgan fingerprint density at radius 2 is 1.95 bits per heavy atom. The predicted octanol–water partition coefficient (Wildman–Crippen LogP) is 3.17. The quantitative estimate of drug-likeness (QED) is 0.889. The highest BCUT2D eigenvalue weighted by Gasteiger charge is 2.17. The van der Waals surface area contributed by atoms with Crippen LogP contribution in [0.5, 0.6) is 0 Å². The zero-order chi connectivity index (χ0) is 14.5. The summed E-state index contributed by atoms with van der Waals surface area (Å²) in [6.45, 7) is 3.93. The van der Waals surface area contributed by atoms with E-state index in [1.165, 1.54) is 11.3 Å². The van der Waals surface area contributed by atoms with E-state index in [1.807, 2.05) is 56.6 Å². The van der Waals surface area contributed by atoms with Gasteiger partial charge in [0.25, 0.3) is 0 Å². The van der Waals surface area contributed by atoms with Crippen molar-refractivity contribution in [2.75, 3.05) is 12.4 Å². The third-order valence-corrected chi connectivity index (χ3v) is 4.10. The molecule has 5 heteroatoms. The molecular weight excluding hydrogens is 270 g/mol. The van der Waals surface area contributed by atoms with Gasteiger partial charge in [-0.3, -0.25) is 4.79 Å². The van der Waals surface area contributed by atoms with E-state index in [4.69, 9.17) is 0 Å². The fraction of sp³-hybridized carbons (Fsp3) is 0.333. The summed E-state index contributed by atoms with van der Waals surface area (Å²) in [5.74, 6) is -0.223. The summed E-state index contributed by atoms with van der Waals surface area (Å²) >= 11 is 1.45. The van der Waals surface area contributed by atoms with Gasteiger partial charge in [-0.2, -0.15) is 0 Å². The second-order valence-electron chi connectivity index (χ2n) is 4.71. The minimum atomic E-state index is -0.190. The zero-order valence-corrected chi connectivity index (χ0v) is 12.7. The van der Waals surface area contributed by atoms with E-state index in [9.17, 15) is 4.79 Å². The highest BCUT2D eigenvalue weighted by atomic mass is 32.1. The van der Waals surface area contributed by atoms with Crippen molar-refractivity contribution in [2.24, 2.45) is 0 Å². The SMILES string of the molecule is CNC(C)c1csc(NC(=O)C(C)c2ccccc2)n1. The number of benzene rings is 1. The molecule has 2 aromatic rings. The van der Waals surface area contributed by atoms with Crippen LogP contribution in [0.4, 0.5) is 5.13 Å². The first-order valence-electron chi connectivity index (χ1n) is 6.60. The van der Waals surface area contributed by atoms with Crippen LogP contribution in [0.3, 0.4) is 0 Å². The molecule has 0 spiro atoms. The van der Waals surface area contributed by atoms with Crippen LogP contribution in [-0.4, -0.2) is 17.9 Å². The number of nitrogens with one attached hydrogen (secondary N) is 2. The topological polar surface area (TPSA) is 54.0 Å². The highest BCUT2D eigenvalue weighted by molar-refractivity contribution is 7.13. The van der Waals surface area contributed by atoms with Gasteiger partial charge in [-0.1, -0.05) is 30.3 Å². The monoisotopic (exact) mass is 289 g/mol. The summed E-state index contributed by atoms with van der Waals surface area (Å²) in [5, 5.41) is 8.62. The lowest BCUT2D eigenvalue weighted by Gasteiger charge is -2.10. The van der Waals surface area contributed by atoms with Gasteiger partial charge in [0.15, 0.2) is 5.13 Å². The van der Waals surface area contributed by atoms with Crippen molar-refractivity contribution < 1.29 is 4.79 Å². The van der Waals surface area contributed by atoms with Gasteiger partial charge >= 0.3 is 0 Å². The first-order valence-corrected chi connectivity index (χ1v) is 7.48. The number of hydrogen-bond acceptors (Lipinski definition) is 4. The third-order valence-electron chi connectivity index (χ3n) is 3.32. The average Bonchev–Trinajstić information content (AvgIpc) is 2.95. The summed E-state index contributed by atoms with van der Waals surface area (Å²) in [7, 11) is 1.89. The lowest BCUT2D eigenvalue weighted by atomic mass is 10.0. The molecule has 0 bridgehead atoms. The van der Waals surface area contributed by atoms with Crippen LogP contribution in [0, 0.1) is 0 Å². The Morgan fingerprint density at radius 3 is 2.60 bits per heavy atom. The molecule has 2 unspecified atom stereocenters. The number of hydrogen-bond donors (Lipinski definition) is 2. The van der Waals surface area contributed by atoms with Crippen LogP contribution in [-0.2, 0) is 4.79 Å². The molecule has 1 amide bonds. The van der Waals surface area contributed by atoms with Crippen molar-refractivity contribution in [1.82, 2.24) is 10.3 Å². The van der Waals surface area contributed by atoms with Crippen LogP contribution in [0.2, 0.25) is 0 Å². The maximum atomic E-state index is 12.2. The Morgan fingerprint density at radius 1 is 1.25 bits per heavy atom. The van der Waals surface area contributed by atoms with Gasteiger partial charge in [-0.05, 0) is 26.5 Å². The van der Waals surface area contributed by atoms with Crippen molar-refractivity contribution in [2.45, 2.75) is 25.8 Å². The predicted molar refractivity (Wildman–Crippen MR) is 83.1 cm³/mol. The first-order chi connectivity index (χ1) is 9.61. The second kappa shape index (κ2) is 6.63. The fourth-order valence-electron chi connectivity index (χ4n) is 1.80. The van der Waals surface area contributed by atoms with Gasteiger partial charge in [-0.15, -0.1) is 11.3 Å². The molecular formula is C15H19N3OS. The number of carbonyl (C=O) groups excluding carboxylic acids is 1. The Labute approximate surface area is 123 Å². The number of carbonyl (C=O) groups is 1. The third kappa shape index (κ3) is 3.43. The van der Waals surface area contributed by atoms with Gasteiger partial charge in [-0.25, -0.2) is 4.98 Å². The summed E-state index contributed by atoms with van der Waals surface area (Å²) in [5.41, 5.74) is 1.95. The van der Waals surface area contributed by atoms with Crippen LogP contribution >= 0.6 is 11.3 Å². The first kappa shape index (κ1) is 14.7. The summed E-state index contributed by atoms with van der Waals surface area (Å²) in [4.78, 5) is 16.6. The summed E-state index contributed by atoms with van der Waals surface area (Å²) < 4.78 is 0. The standard InChI is InChI=1S/C15H19N3OS/c1-10(12-7-5-4-6-8-12)14(19)18-15-17-13(9-20-15)11(2)16-3/h4-11,16H,1-3H3,(H,17,18,19). The second-order valence-corrected chi connectivity index (χ2v) is 5.57. The molecule has 0 fully saturated rings. The molecule has 0 aliphatic carbocycles. The number of amides is 1. The van der Waals surface area contributed by atoms with Gasteiger partial charge in [0.1, 0.15) is 0 Å². The minimum absolute atomic E-state index is 0.0331. The van der Waals surface area contributed by atoms with E-state index in [2.05, 4.69) is 15.6 Å². The van der Waals surface area contributed by atoms with Gasteiger partial charge in [0.05, 0.1) is 11.6 Å². The zero-order valence-electron chi connectivity index (χ0n) is 11.9. The molecule has 0 aliphatic rings. The molecule has 1 aromatic heterocycles. The Bertz CT molecular complexity index is 568. The van der Waals surface area contributed by atoms with Gasteiger partial charge in [0.2, 0.25) is 5.91 Å². The molecule has 20 heavy (non-hydrogen) atoms. The molecule has 2 rings (SSSR count). The number of nitrogens with zero attached hydrogens (tertiary/aromatic N) is 1. The molecule has 0 radical (unpaired) electrons. The van der Waals surface area contributed by atoms with E-state index in [0.717, 1.165) is 11.3 Å². The van der Waals surface area contributed by atoms with E-state index in [-0.39, 0.29) is 17.9 Å². The lowest BCUT2D eigenvalue weighted by molar-refractivity contribution is -0.117. The summed E-state index contributed by atoms with van der Waals surface area (Å²) in [6, 6.07) is 9.93. The van der Waals surface area contributed by atoms with Crippen molar-refractivity contribution >= 4 is 22.4 Å². The molecule has 106 valence electrons. The summed E-state index contributed by atoms with van der Waals surface area (Å²) in [6.07, 6.45) is 0. The number of aromatic nitrogens is 1. The van der Waals surface area contributed by atoms with Crippen molar-refractivity contribution in [1.29, 1.82) is 0 Å². The normalized spacial score (nSPS) is 13.8. The Balaban J connectivity index is 2.03. The smallest absolute Gasteiger partial charge is 0.233 e. The number of rotatable bonds is 5. The van der Waals surface area contributed by atoms with E-state index in [1.54, 1.807) is 0 Å². The van der Waals surface area contributed by atoms with E-state index in [0.29, 0.717) is 5.13 Å². The molecule has 4 nitrogen and oxygen atoms in total. The maximum absolute atomic E-state index is 12.2. The Hall–Kier alpha value is -1.72. The van der Waals surface area contributed by atoms with E-state index >= 15 is 0 Å². The minimum Gasteiger partial charge on any atom is -0.312 e. The van der Waals surface area contributed by atoms with Crippen molar-refractivity contribution in [3.63, 3.8) is 0 Å². The van der Waals surface area contributed by atoms with Crippen LogP contribution < -0.4 is 10.6 Å².